The van der Waals surface area contributed by atoms with E-state index in [0.29, 0.717) is 23.3 Å². The van der Waals surface area contributed by atoms with Gasteiger partial charge < -0.3 is 21.3 Å². The molecule has 0 aliphatic carbocycles. The van der Waals surface area contributed by atoms with E-state index in [4.69, 9.17) is 0 Å². The Bertz CT molecular complexity index is 682. The molecule has 0 aromatic heterocycles. The zero-order valence-electron chi connectivity index (χ0n) is 17.8. The van der Waals surface area contributed by atoms with Crippen LogP contribution in [0.15, 0.2) is 0 Å². The summed E-state index contributed by atoms with van der Waals surface area (Å²) < 4.78 is 0. The van der Waals surface area contributed by atoms with Gasteiger partial charge in [0.05, 0.1) is 24.2 Å². The summed E-state index contributed by atoms with van der Waals surface area (Å²) in [6.45, 7) is 0. The van der Waals surface area contributed by atoms with Gasteiger partial charge in [0.25, 0.3) is 0 Å². The van der Waals surface area contributed by atoms with Crippen LogP contribution in [0.4, 0.5) is 9.59 Å². The lowest BCUT2D eigenvalue weighted by molar-refractivity contribution is -0.112. The van der Waals surface area contributed by atoms with Crippen LogP contribution in [0.3, 0.4) is 0 Å². The van der Waals surface area contributed by atoms with Gasteiger partial charge in [0.15, 0.2) is 10.2 Å². The maximum Gasteiger partial charge on any atom is 0.315 e. The molecule has 0 unspecified atom stereocenters. The lowest BCUT2D eigenvalue weighted by Crippen LogP contribution is -2.36. The van der Waals surface area contributed by atoms with Crippen molar-refractivity contribution in [3.8, 4) is 0 Å². The summed E-state index contributed by atoms with van der Waals surface area (Å²) in [6, 6.07) is 0.785. The highest BCUT2D eigenvalue weighted by Crippen LogP contribution is 2.35. The molecule has 178 valence electrons. The van der Waals surface area contributed by atoms with Gasteiger partial charge >= 0.3 is 12.1 Å². The van der Waals surface area contributed by atoms with Crippen molar-refractivity contribution < 1.29 is 19.2 Å². The van der Waals surface area contributed by atoms with E-state index < -0.39 is 0 Å². The molecule has 4 fully saturated rings. The molecule has 0 bridgehead atoms. The Hall–Kier alpha value is -0.720. The number of amides is 4. The lowest BCUT2D eigenvalue weighted by Gasteiger charge is -2.16. The molecule has 6 atom stereocenters. The van der Waals surface area contributed by atoms with E-state index in [1.807, 2.05) is 23.5 Å². The number of carbonyl (C=O) groups excluding carboxylic acids is 4. The fourth-order valence-electron chi connectivity index (χ4n) is 4.69. The van der Waals surface area contributed by atoms with Crippen LogP contribution in [-0.4, -0.2) is 68.5 Å². The number of nitrogens with one attached hydrogen (secondary N) is 4. The Kier molecular flexibility index (Phi) is 8.86. The molecule has 4 N–H and O–H groups in total. The second-order valence-corrected chi connectivity index (χ2v) is 13.4. The van der Waals surface area contributed by atoms with Crippen molar-refractivity contribution in [2.45, 2.75) is 86.0 Å². The highest BCUT2D eigenvalue weighted by Gasteiger charge is 2.43. The van der Waals surface area contributed by atoms with Gasteiger partial charge in [-0.1, -0.05) is 12.8 Å². The van der Waals surface area contributed by atoms with Gasteiger partial charge in [-0.05, 0) is 47.3 Å². The Balaban J connectivity index is 0.998. The second-order valence-electron chi connectivity index (χ2n) is 8.65. The van der Waals surface area contributed by atoms with E-state index in [1.54, 1.807) is 0 Å². The summed E-state index contributed by atoms with van der Waals surface area (Å²) in [7, 11) is 2.15. The Morgan fingerprint density at radius 1 is 0.719 bits per heavy atom. The second kappa shape index (κ2) is 11.6. The number of thioether (sulfide) groups is 2. The van der Waals surface area contributed by atoms with Gasteiger partial charge in [0, 0.05) is 34.8 Å². The summed E-state index contributed by atoms with van der Waals surface area (Å²) in [5.41, 5.74) is 0. The first-order valence-corrected chi connectivity index (χ1v) is 15.5. The van der Waals surface area contributed by atoms with Gasteiger partial charge in [-0.2, -0.15) is 23.5 Å². The number of urea groups is 2. The fourth-order valence-corrected chi connectivity index (χ4v) is 9.48. The Morgan fingerprint density at radius 3 is 1.59 bits per heavy atom. The van der Waals surface area contributed by atoms with Crippen LogP contribution in [0.25, 0.3) is 0 Å². The number of carbonyl (C=O) groups is 4. The SMILES string of the molecule is O=C1N[C@H]2[C@H](CS[C@H]2CCCCC(=O)SSC(=O)CCCC[C@@H]2SC[C@@H]3NC(=O)N[C@@H]32)N1. The average molecular weight is 519 g/mol. The molecule has 0 saturated carbocycles. The molecule has 0 aromatic carbocycles. The summed E-state index contributed by atoms with van der Waals surface area (Å²) in [5, 5.41) is 12.8. The molecule has 4 aliphatic heterocycles. The smallest absolute Gasteiger partial charge is 0.315 e. The number of hydrogen-bond acceptors (Lipinski definition) is 8. The van der Waals surface area contributed by atoms with Crippen molar-refractivity contribution in [1.82, 2.24) is 21.3 Å². The summed E-state index contributed by atoms with van der Waals surface area (Å²) in [4.78, 5) is 47.0. The monoisotopic (exact) mass is 518 g/mol. The van der Waals surface area contributed by atoms with Crippen molar-refractivity contribution >= 4 is 67.4 Å². The number of fused-ring (bicyclic) bond motifs is 2. The van der Waals surface area contributed by atoms with Gasteiger partial charge in [-0.15, -0.1) is 0 Å². The molecule has 0 radical (unpaired) electrons. The summed E-state index contributed by atoms with van der Waals surface area (Å²) in [6.07, 6.45) is 6.53. The minimum atomic E-state index is -0.0655. The summed E-state index contributed by atoms with van der Waals surface area (Å²) in [5.74, 6) is 1.91. The van der Waals surface area contributed by atoms with E-state index in [0.717, 1.165) is 71.6 Å². The molecule has 32 heavy (non-hydrogen) atoms. The van der Waals surface area contributed by atoms with E-state index >= 15 is 0 Å². The molecule has 4 heterocycles. The minimum Gasteiger partial charge on any atom is -0.332 e. The van der Waals surface area contributed by atoms with Crippen LogP contribution < -0.4 is 21.3 Å². The maximum absolute atomic E-state index is 12.1. The molecule has 4 saturated heterocycles. The van der Waals surface area contributed by atoms with Crippen molar-refractivity contribution in [3.63, 3.8) is 0 Å². The number of rotatable bonds is 10. The van der Waals surface area contributed by atoms with Crippen LogP contribution in [0.2, 0.25) is 0 Å². The largest absolute Gasteiger partial charge is 0.332 e. The van der Waals surface area contributed by atoms with Crippen LogP contribution in [0, 0.1) is 0 Å². The molecule has 12 heteroatoms. The minimum absolute atomic E-state index is 0.0639. The normalized spacial score (nSPS) is 32.6. The third-order valence-corrected chi connectivity index (χ3v) is 11.6. The topological polar surface area (TPSA) is 116 Å². The molecular formula is C20H30N4O4S4. The predicted octanol–water partition coefficient (Wildman–Crippen LogP) is 2.87. The van der Waals surface area contributed by atoms with E-state index in [-0.39, 0.29) is 46.5 Å². The van der Waals surface area contributed by atoms with Crippen molar-refractivity contribution in [1.29, 1.82) is 0 Å². The third kappa shape index (κ3) is 6.44. The van der Waals surface area contributed by atoms with Crippen LogP contribution in [-0.2, 0) is 9.59 Å². The van der Waals surface area contributed by atoms with Gasteiger partial charge in [0.1, 0.15) is 0 Å². The average Bonchev–Trinajstić information content (AvgIpc) is 3.49. The van der Waals surface area contributed by atoms with Gasteiger partial charge in [-0.25, -0.2) is 9.59 Å². The van der Waals surface area contributed by atoms with Crippen molar-refractivity contribution in [3.05, 3.63) is 0 Å². The van der Waals surface area contributed by atoms with E-state index in [9.17, 15) is 19.2 Å². The fraction of sp³-hybridized carbons (Fsp3) is 0.800. The van der Waals surface area contributed by atoms with Crippen molar-refractivity contribution in [2.24, 2.45) is 0 Å². The molecule has 4 aliphatic rings. The zero-order valence-corrected chi connectivity index (χ0v) is 21.1. The van der Waals surface area contributed by atoms with Crippen molar-refractivity contribution in [2.75, 3.05) is 11.5 Å². The van der Waals surface area contributed by atoms with Gasteiger partial charge in [-0.3, -0.25) is 9.59 Å². The first-order chi connectivity index (χ1) is 15.5. The van der Waals surface area contributed by atoms with E-state index in [1.165, 1.54) is 0 Å². The highest BCUT2D eigenvalue weighted by molar-refractivity contribution is 8.87. The molecule has 4 amide bonds. The number of unbranched alkanes of at least 4 members (excludes halogenated alkanes) is 2. The maximum atomic E-state index is 12.1. The third-order valence-electron chi connectivity index (χ3n) is 6.34. The summed E-state index contributed by atoms with van der Waals surface area (Å²) >= 11 is 3.78. The molecular weight excluding hydrogens is 489 g/mol. The first-order valence-electron chi connectivity index (χ1n) is 11.3. The standard InChI is InChI=1S/C20H30N4O4S4/c25-15(7-3-1-5-13-17-11(9-29-13)21-19(27)23-17)31-32-16(26)8-4-2-6-14-18-12(10-30-14)22-20(28)24-18/h11-14,17-18H,1-10H2,(H2,21,23,27)(H2,22,24,28)/t11-,12-,13-,14-,17-,18-/m0/s1. The number of hydrogen-bond donors (Lipinski definition) is 4. The Morgan fingerprint density at radius 2 is 1.16 bits per heavy atom. The lowest BCUT2D eigenvalue weighted by atomic mass is 10.0. The Labute approximate surface area is 204 Å². The highest BCUT2D eigenvalue weighted by atomic mass is 33.1. The van der Waals surface area contributed by atoms with Crippen LogP contribution >= 0.6 is 45.1 Å². The first kappa shape index (κ1) is 24.4. The molecule has 0 spiro atoms. The van der Waals surface area contributed by atoms with Crippen LogP contribution in [0.1, 0.15) is 51.4 Å². The molecule has 4 rings (SSSR count). The molecule has 8 nitrogen and oxygen atoms in total. The van der Waals surface area contributed by atoms with Crippen LogP contribution in [0.5, 0.6) is 0 Å². The quantitative estimate of drug-likeness (QED) is 0.198. The van der Waals surface area contributed by atoms with Gasteiger partial charge in [0.2, 0.25) is 0 Å². The zero-order chi connectivity index (χ0) is 22.5. The van der Waals surface area contributed by atoms with E-state index in [2.05, 4.69) is 21.3 Å². The molecule has 0 aromatic rings. The predicted molar refractivity (Wildman–Crippen MR) is 133 cm³/mol.